The first-order valence-electron chi connectivity index (χ1n) is 7.36. The van der Waals surface area contributed by atoms with Crippen LogP contribution in [0.1, 0.15) is 50.3 Å². The van der Waals surface area contributed by atoms with Crippen molar-refractivity contribution < 1.29 is 4.74 Å². The zero-order valence-corrected chi connectivity index (χ0v) is 13.1. The van der Waals surface area contributed by atoms with E-state index in [0.29, 0.717) is 18.2 Å². The Kier molecular flexibility index (Phi) is 5.27. The average Bonchev–Trinajstić information content (AvgIpc) is 2.86. The fourth-order valence-electron chi connectivity index (χ4n) is 1.85. The molecule has 21 heavy (non-hydrogen) atoms. The molecule has 2 aromatic rings. The van der Waals surface area contributed by atoms with E-state index in [1.54, 1.807) is 6.20 Å². The molecule has 0 spiro atoms. The molecule has 0 aromatic carbocycles. The molecule has 114 valence electrons. The van der Waals surface area contributed by atoms with E-state index in [0.717, 1.165) is 30.2 Å². The fourth-order valence-corrected chi connectivity index (χ4v) is 1.85. The number of rotatable bonds is 7. The Morgan fingerprint density at radius 2 is 2.19 bits per heavy atom. The van der Waals surface area contributed by atoms with E-state index in [9.17, 15) is 0 Å². The monoisotopic (exact) mass is 289 g/mol. The first kappa shape index (κ1) is 15.4. The van der Waals surface area contributed by atoms with Crippen molar-refractivity contribution in [2.24, 2.45) is 0 Å². The van der Waals surface area contributed by atoms with Crippen LogP contribution in [0.4, 0.5) is 0 Å². The van der Waals surface area contributed by atoms with E-state index in [1.165, 1.54) is 0 Å². The van der Waals surface area contributed by atoms with Crippen LogP contribution >= 0.6 is 0 Å². The van der Waals surface area contributed by atoms with Gasteiger partial charge in [-0.3, -0.25) is 5.10 Å². The van der Waals surface area contributed by atoms with Crippen molar-refractivity contribution in [1.82, 2.24) is 25.5 Å². The lowest BCUT2D eigenvalue weighted by molar-refractivity contribution is 0.444. The van der Waals surface area contributed by atoms with E-state index in [2.05, 4.69) is 46.3 Å². The highest BCUT2D eigenvalue weighted by molar-refractivity contribution is 5.30. The van der Waals surface area contributed by atoms with Crippen LogP contribution in [0.25, 0.3) is 0 Å². The van der Waals surface area contributed by atoms with Crippen molar-refractivity contribution >= 4 is 0 Å². The van der Waals surface area contributed by atoms with Gasteiger partial charge in [0.05, 0.1) is 6.20 Å². The standard InChI is InChI=1S/C15H23N5O/c1-5-6-16-8-12-13(9-17-15(18-12)10(2)3)21-14-7-11(4)19-20-14/h7,9-10,16H,5-6,8H2,1-4H3,(H,19,20). The van der Waals surface area contributed by atoms with Crippen LogP contribution in [-0.2, 0) is 6.54 Å². The predicted molar refractivity (Wildman–Crippen MR) is 81.5 cm³/mol. The fraction of sp³-hybridized carbons (Fsp3) is 0.533. The molecule has 2 rings (SSSR count). The molecule has 0 atom stereocenters. The molecule has 6 nitrogen and oxygen atoms in total. The number of ether oxygens (including phenoxy) is 1. The highest BCUT2D eigenvalue weighted by atomic mass is 16.5. The smallest absolute Gasteiger partial charge is 0.238 e. The van der Waals surface area contributed by atoms with Gasteiger partial charge in [0.25, 0.3) is 0 Å². The van der Waals surface area contributed by atoms with Gasteiger partial charge in [-0.2, -0.15) is 0 Å². The molecule has 0 saturated heterocycles. The Labute approximate surface area is 125 Å². The van der Waals surface area contributed by atoms with Gasteiger partial charge in [0.1, 0.15) is 11.5 Å². The van der Waals surface area contributed by atoms with Gasteiger partial charge in [0.15, 0.2) is 5.75 Å². The number of nitrogens with one attached hydrogen (secondary N) is 2. The van der Waals surface area contributed by atoms with E-state index >= 15 is 0 Å². The van der Waals surface area contributed by atoms with Crippen LogP contribution in [0.5, 0.6) is 11.6 Å². The summed E-state index contributed by atoms with van der Waals surface area (Å²) in [6.45, 7) is 9.83. The predicted octanol–water partition coefficient (Wildman–Crippen LogP) is 2.92. The molecule has 0 aliphatic carbocycles. The first-order valence-corrected chi connectivity index (χ1v) is 7.36. The van der Waals surface area contributed by atoms with Crippen LogP contribution < -0.4 is 10.1 Å². The highest BCUT2D eigenvalue weighted by Gasteiger charge is 2.12. The van der Waals surface area contributed by atoms with Crippen LogP contribution in [0.15, 0.2) is 12.3 Å². The number of H-pyrrole nitrogens is 1. The molecule has 0 bridgehead atoms. The molecular formula is C15H23N5O. The highest BCUT2D eigenvalue weighted by Crippen LogP contribution is 2.23. The van der Waals surface area contributed by atoms with Crippen molar-refractivity contribution in [3.05, 3.63) is 29.5 Å². The van der Waals surface area contributed by atoms with Crippen LogP contribution in [0, 0.1) is 6.92 Å². The minimum atomic E-state index is 0.289. The van der Waals surface area contributed by atoms with Gasteiger partial charge >= 0.3 is 0 Å². The minimum absolute atomic E-state index is 0.289. The summed E-state index contributed by atoms with van der Waals surface area (Å²) in [6, 6.07) is 1.85. The molecule has 0 fully saturated rings. The summed E-state index contributed by atoms with van der Waals surface area (Å²) in [4.78, 5) is 8.98. The Morgan fingerprint density at radius 3 is 2.81 bits per heavy atom. The molecular weight excluding hydrogens is 266 g/mol. The normalized spacial score (nSPS) is 11.1. The molecule has 0 aliphatic heterocycles. The number of aromatic amines is 1. The Bertz CT molecular complexity index is 579. The van der Waals surface area contributed by atoms with Gasteiger partial charge in [0, 0.05) is 24.2 Å². The zero-order valence-electron chi connectivity index (χ0n) is 13.1. The van der Waals surface area contributed by atoms with Crippen molar-refractivity contribution in [3.8, 4) is 11.6 Å². The molecule has 2 aromatic heterocycles. The molecule has 0 saturated carbocycles. The molecule has 0 aliphatic rings. The summed E-state index contributed by atoms with van der Waals surface area (Å²) in [6.07, 6.45) is 2.81. The number of aromatic nitrogens is 4. The third-order valence-electron chi connectivity index (χ3n) is 2.98. The summed E-state index contributed by atoms with van der Waals surface area (Å²) < 4.78 is 5.79. The Morgan fingerprint density at radius 1 is 1.38 bits per heavy atom. The second-order valence-electron chi connectivity index (χ2n) is 5.36. The molecule has 0 amide bonds. The second kappa shape index (κ2) is 7.17. The summed E-state index contributed by atoms with van der Waals surface area (Å²) in [5.41, 5.74) is 1.82. The van der Waals surface area contributed by atoms with Gasteiger partial charge in [0.2, 0.25) is 5.88 Å². The van der Waals surface area contributed by atoms with Crippen LogP contribution in [-0.4, -0.2) is 26.7 Å². The lowest BCUT2D eigenvalue weighted by Crippen LogP contribution is -2.16. The summed E-state index contributed by atoms with van der Waals surface area (Å²) >= 11 is 0. The molecule has 2 N–H and O–H groups in total. The van der Waals surface area contributed by atoms with Gasteiger partial charge in [-0.25, -0.2) is 9.97 Å². The third-order valence-corrected chi connectivity index (χ3v) is 2.98. The molecule has 2 heterocycles. The van der Waals surface area contributed by atoms with E-state index in [-0.39, 0.29) is 5.92 Å². The lowest BCUT2D eigenvalue weighted by Gasteiger charge is -2.12. The minimum Gasteiger partial charge on any atom is -0.434 e. The number of hydrogen-bond acceptors (Lipinski definition) is 5. The quantitative estimate of drug-likeness (QED) is 0.766. The lowest BCUT2D eigenvalue weighted by atomic mass is 10.2. The van der Waals surface area contributed by atoms with Crippen LogP contribution in [0.2, 0.25) is 0 Å². The maximum atomic E-state index is 5.79. The third kappa shape index (κ3) is 4.26. The van der Waals surface area contributed by atoms with Crippen molar-refractivity contribution in [1.29, 1.82) is 0 Å². The van der Waals surface area contributed by atoms with E-state index < -0.39 is 0 Å². The topological polar surface area (TPSA) is 75.7 Å². The zero-order chi connectivity index (χ0) is 15.2. The van der Waals surface area contributed by atoms with E-state index in [1.807, 2.05) is 13.0 Å². The second-order valence-corrected chi connectivity index (χ2v) is 5.36. The van der Waals surface area contributed by atoms with Crippen molar-refractivity contribution in [2.45, 2.75) is 46.6 Å². The van der Waals surface area contributed by atoms with Gasteiger partial charge in [-0.1, -0.05) is 20.8 Å². The van der Waals surface area contributed by atoms with Crippen LogP contribution in [0.3, 0.4) is 0 Å². The van der Waals surface area contributed by atoms with Gasteiger partial charge < -0.3 is 10.1 Å². The molecule has 0 unspecified atom stereocenters. The average molecular weight is 289 g/mol. The van der Waals surface area contributed by atoms with Crippen molar-refractivity contribution in [2.75, 3.05) is 6.54 Å². The molecule has 0 radical (unpaired) electrons. The first-order chi connectivity index (χ1) is 10.1. The SMILES string of the molecule is CCCNCc1nc(C(C)C)ncc1Oc1cc(C)[nH]n1. The van der Waals surface area contributed by atoms with Gasteiger partial charge in [-0.15, -0.1) is 5.10 Å². The van der Waals surface area contributed by atoms with Gasteiger partial charge in [-0.05, 0) is 19.9 Å². The number of nitrogens with zero attached hydrogens (tertiary/aromatic N) is 3. The molecule has 6 heteroatoms. The maximum Gasteiger partial charge on any atom is 0.238 e. The Balaban J connectivity index is 2.20. The van der Waals surface area contributed by atoms with Crippen molar-refractivity contribution in [3.63, 3.8) is 0 Å². The summed E-state index contributed by atoms with van der Waals surface area (Å²) in [5, 5.41) is 10.3. The Hall–Kier alpha value is -1.95. The maximum absolute atomic E-state index is 5.79. The number of aryl methyl sites for hydroxylation is 1. The number of hydrogen-bond donors (Lipinski definition) is 2. The largest absolute Gasteiger partial charge is 0.434 e. The van der Waals surface area contributed by atoms with E-state index in [4.69, 9.17) is 4.74 Å². The summed E-state index contributed by atoms with van der Waals surface area (Å²) in [5.74, 6) is 2.30. The summed E-state index contributed by atoms with van der Waals surface area (Å²) in [7, 11) is 0.